The van der Waals surface area contributed by atoms with Crippen molar-refractivity contribution in [2.45, 2.75) is 0 Å². The van der Waals surface area contributed by atoms with Gasteiger partial charge in [-0.3, -0.25) is 4.57 Å². The Kier molecular flexibility index (Phi) is 3.67. The summed E-state index contributed by atoms with van der Waals surface area (Å²) in [6.45, 7) is 3.83. The molecule has 2 aromatic rings. The van der Waals surface area contributed by atoms with Gasteiger partial charge in [0.2, 0.25) is 14.2 Å². The fourth-order valence-corrected chi connectivity index (χ4v) is 2.77. The van der Waals surface area contributed by atoms with Gasteiger partial charge in [0, 0.05) is 5.39 Å². The summed E-state index contributed by atoms with van der Waals surface area (Å²) in [5.74, 6) is 0. The molecule has 2 rings (SSSR count). The van der Waals surface area contributed by atoms with E-state index in [2.05, 4.69) is 11.7 Å². The third kappa shape index (κ3) is 2.60. The number of rotatable bonds is 4. The van der Waals surface area contributed by atoms with E-state index in [1.165, 1.54) is 0 Å². The molecule has 0 fully saturated rings. The van der Waals surface area contributed by atoms with Crippen LogP contribution in [0.25, 0.3) is 10.9 Å². The fourth-order valence-electron chi connectivity index (χ4n) is 1.62. The summed E-state index contributed by atoms with van der Waals surface area (Å²) in [5, 5.41) is 5.89. The van der Waals surface area contributed by atoms with Crippen LogP contribution in [0.2, 0.25) is 0 Å². The Morgan fingerprint density at radius 1 is 1.53 bits per heavy atom. The quantitative estimate of drug-likeness (QED) is 0.467. The van der Waals surface area contributed by atoms with Gasteiger partial charge >= 0.3 is 0 Å². The molecule has 0 aliphatic rings. The molecule has 1 aromatic heterocycles. The number of aryl methyl sites for hydroxylation is 1. The van der Waals surface area contributed by atoms with Crippen molar-refractivity contribution in [3.05, 3.63) is 43.1 Å². The first-order valence-electron chi connectivity index (χ1n) is 5.26. The van der Waals surface area contributed by atoms with E-state index in [1.807, 2.05) is 24.3 Å². The standard InChI is InChI=1S/C12H14N2O2P/c1-3-8-16-17(15)12-9-14(2)13-11-7-5-4-6-10(11)12/h3-7,9,17H,1,8H2,2H3/q+1. The summed E-state index contributed by atoms with van der Waals surface area (Å²) in [7, 11) is -0.455. The third-order valence-electron chi connectivity index (χ3n) is 2.33. The Morgan fingerprint density at radius 2 is 2.29 bits per heavy atom. The average Bonchev–Trinajstić information content (AvgIpc) is 2.34. The van der Waals surface area contributed by atoms with Gasteiger partial charge in [-0.15, -0.1) is 6.58 Å². The summed E-state index contributed by atoms with van der Waals surface area (Å²) in [6, 6.07) is 7.59. The van der Waals surface area contributed by atoms with E-state index < -0.39 is 8.03 Å². The highest BCUT2D eigenvalue weighted by Gasteiger charge is 2.14. The molecule has 17 heavy (non-hydrogen) atoms. The highest BCUT2D eigenvalue weighted by Crippen LogP contribution is 2.24. The molecule has 4 nitrogen and oxygen atoms in total. The molecule has 0 amide bonds. The highest BCUT2D eigenvalue weighted by molar-refractivity contribution is 7.49. The highest BCUT2D eigenvalue weighted by atomic mass is 31.1. The SMILES string of the molecule is C=CCO[PH](=O)c1c[n+](C)nc2ccccc12. The zero-order chi connectivity index (χ0) is 12.3. The first kappa shape index (κ1) is 12.0. The normalized spacial score (nSPS) is 12.5. The summed E-state index contributed by atoms with van der Waals surface area (Å²) < 4.78 is 18.9. The average molecular weight is 249 g/mol. The van der Waals surface area contributed by atoms with E-state index in [4.69, 9.17) is 4.52 Å². The summed E-state index contributed by atoms with van der Waals surface area (Å²) >= 11 is 0. The van der Waals surface area contributed by atoms with Gasteiger partial charge in [-0.05, 0) is 11.2 Å². The molecule has 0 N–H and O–H groups in total. The van der Waals surface area contributed by atoms with Gasteiger partial charge in [0.25, 0.3) is 0 Å². The Hall–Kier alpha value is -1.51. The predicted octanol–water partition coefficient (Wildman–Crippen LogP) is 1.36. The summed E-state index contributed by atoms with van der Waals surface area (Å²) in [6.07, 6.45) is 3.33. The van der Waals surface area contributed by atoms with Crippen LogP contribution >= 0.6 is 8.03 Å². The van der Waals surface area contributed by atoms with Gasteiger partial charge in [-0.25, -0.2) is 0 Å². The van der Waals surface area contributed by atoms with Crippen molar-refractivity contribution in [2.24, 2.45) is 7.05 Å². The number of aromatic nitrogens is 2. The van der Waals surface area contributed by atoms with Gasteiger partial charge in [-0.1, -0.05) is 29.0 Å². The molecule has 0 aliphatic heterocycles. The Labute approximate surface area is 100 Å². The van der Waals surface area contributed by atoms with Crippen molar-refractivity contribution < 1.29 is 13.8 Å². The van der Waals surface area contributed by atoms with Gasteiger partial charge in [0.1, 0.15) is 10.8 Å². The maximum Gasteiger partial charge on any atom is 0.227 e. The smallest absolute Gasteiger partial charge is 0.227 e. The Bertz CT molecular complexity index is 584. The molecule has 0 saturated carbocycles. The fraction of sp³-hybridized carbons (Fsp3) is 0.167. The maximum absolute atomic E-state index is 12.0. The first-order chi connectivity index (χ1) is 8.22. The van der Waals surface area contributed by atoms with Crippen LogP contribution in [0.1, 0.15) is 0 Å². The van der Waals surface area contributed by atoms with Crippen LogP contribution in [0.5, 0.6) is 0 Å². The predicted molar refractivity (Wildman–Crippen MR) is 67.7 cm³/mol. The van der Waals surface area contributed by atoms with Crippen molar-refractivity contribution in [1.82, 2.24) is 5.10 Å². The third-order valence-corrected chi connectivity index (χ3v) is 3.59. The van der Waals surface area contributed by atoms with Crippen LogP contribution in [0, 0.1) is 0 Å². The molecule has 1 atom stereocenters. The number of nitrogens with zero attached hydrogens (tertiary/aromatic N) is 2. The van der Waals surface area contributed by atoms with Crippen LogP contribution in [0.4, 0.5) is 0 Å². The molecule has 1 unspecified atom stereocenters. The number of benzene rings is 1. The minimum absolute atomic E-state index is 0.290. The van der Waals surface area contributed by atoms with E-state index in [0.717, 1.165) is 10.9 Å². The zero-order valence-electron chi connectivity index (χ0n) is 9.59. The van der Waals surface area contributed by atoms with Gasteiger partial charge in [-0.2, -0.15) is 0 Å². The first-order valence-corrected chi connectivity index (χ1v) is 6.57. The second-order valence-electron chi connectivity index (χ2n) is 3.62. The lowest BCUT2D eigenvalue weighted by Crippen LogP contribution is -2.35. The van der Waals surface area contributed by atoms with Gasteiger partial charge < -0.3 is 4.52 Å². The van der Waals surface area contributed by atoms with E-state index in [9.17, 15) is 4.57 Å². The molecule has 1 heterocycles. The molecular weight excluding hydrogens is 235 g/mol. The van der Waals surface area contributed by atoms with Crippen molar-refractivity contribution in [3.8, 4) is 0 Å². The van der Waals surface area contributed by atoms with Crippen LogP contribution in [-0.4, -0.2) is 11.7 Å². The van der Waals surface area contributed by atoms with E-state index in [-0.39, 0.29) is 6.61 Å². The Balaban J connectivity index is 2.51. The van der Waals surface area contributed by atoms with Crippen LogP contribution in [-0.2, 0) is 16.1 Å². The minimum atomic E-state index is -2.26. The summed E-state index contributed by atoms with van der Waals surface area (Å²) in [5.41, 5.74) is 0.813. The summed E-state index contributed by atoms with van der Waals surface area (Å²) in [4.78, 5) is 0. The molecular formula is C12H14N2O2P+. The van der Waals surface area contributed by atoms with Gasteiger partial charge in [0.15, 0.2) is 7.05 Å². The lowest BCUT2D eigenvalue weighted by molar-refractivity contribution is -0.727. The number of hydrogen-bond acceptors (Lipinski definition) is 3. The molecule has 0 spiro atoms. The lowest BCUT2D eigenvalue weighted by atomic mass is 10.2. The largest absolute Gasteiger partial charge is 0.323 e. The molecule has 0 bridgehead atoms. The number of hydrogen-bond donors (Lipinski definition) is 0. The topological polar surface area (TPSA) is 43.1 Å². The van der Waals surface area contributed by atoms with Crippen molar-refractivity contribution in [3.63, 3.8) is 0 Å². The second kappa shape index (κ2) is 5.21. The van der Waals surface area contributed by atoms with Crippen molar-refractivity contribution in [2.75, 3.05) is 6.61 Å². The van der Waals surface area contributed by atoms with E-state index in [1.54, 1.807) is 24.0 Å². The lowest BCUT2D eigenvalue weighted by Gasteiger charge is -2.03. The van der Waals surface area contributed by atoms with Crippen molar-refractivity contribution in [1.29, 1.82) is 0 Å². The van der Waals surface area contributed by atoms with Crippen molar-refractivity contribution >= 4 is 24.2 Å². The minimum Gasteiger partial charge on any atom is -0.323 e. The molecule has 88 valence electrons. The monoisotopic (exact) mass is 249 g/mol. The molecule has 0 aliphatic carbocycles. The van der Waals surface area contributed by atoms with E-state index >= 15 is 0 Å². The van der Waals surface area contributed by atoms with Gasteiger partial charge in [0.05, 0.1) is 6.61 Å². The van der Waals surface area contributed by atoms with E-state index in [0.29, 0.717) is 5.30 Å². The van der Waals surface area contributed by atoms with Crippen LogP contribution in [0.3, 0.4) is 0 Å². The maximum atomic E-state index is 12.0. The molecule has 1 aromatic carbocycles. The number of fused-ring (bicyclic) bond motifs is 1. The van der Waals surface area contributed by atoms with Crippen LogP contribution in [0.15, 0.2) is 43.1 Å². The molecule has 0 radical (unpaired) electrons. The second-order valence-corrected chi connectivity index (χ2v) is 5.02. The molecule has 5 heteroatoms. The molecule has 0 saturated heterocycles. The Morgan fingerprint density at radius 3 is 3.06 bits per heavy atom. The zero-order valence-corrected chi connectivity index (χ0v) is 10.6. The van der Waals surface area contributed by atoms with Crippen LogP contribution < -0.4 is 9.99 Å².